The Morgan fingerprint density at radius 1 is 1.03 bits per heavy atom. The first-order chi connectivity index (χ1) is 14.4. The number of fused-ring (bicyclic) bond motifs is 2. The van der Waals surface area contributed by atoms with Crippen molar-refractivity contribution in [2.45, 2.75) is 31.1 Å². The summed E-state index contributed by atoms with van der Waals surface area (Å²) in [6, 6.07) is 16.9. The van der Waals surface area contributed by atoms with E-state index < -0.39 is 10.0 Å². The van der Waals surface area contributed by atoms with E-state index >= 15 is 0 Å². The third kappa shape index (κ3) is 3.97. The number of aryl methyl sites for hydroxylation is 4. The zero-order valence-corrected chi connectivity index (χ0v) is 18.7. The number of halogens is 1. The normalized spacial score (nSPS) is 13.6. The van der Waals surface area contributed by atoms with Crippen LogP contribution in [0.3, 0.4) is 0 Å². The summed E-state index contributed by atoms with van der Waals surface area (Å²) in [5.74, 6) is 0. The number of para-hydroxylation sites is 2. The summed E-state index contributed by atoms with van der Waals surface area (Å²) < 4.78 is 29.5. The van der Waals surface area contributed by atoms with Crippen LogP contribution in [0.4, 0.5) is 11.4 Å². The standard InChI is InChI=1S/C22H25ClN4O2S/c1-16-21(22(23)26(2)25-16)30(28,29)24-14-7-15-27-19-10-5-3-8-17(19)12-13-18-9-4-6-11-20(18)27/h3-6,8-11,24H,7,12-15H2,1-2H3. The lowest BCUT2D eigenvalue weighted by Gasteiger charge is -2.27. The molecule has 0 saturated carbocycles. The second-order valence-electron chi connectivity index (χ2n) is 7.49. The number of benzene rings is 2. The van der Waals surface area contributed by atoms with Crippen LogP contribution in [0.5, 0.6) is 0 Å². The monoisotopic (exact) mass is 444 g/mol. The van der Waals surface area contributed by atoms with E-state index in [1.54, 1.807) is 14.0 Å². The van der Waals surface area contributed by atoms with Gasteiger partial charge in [-0.2, -0.15) is 5.10 Å². The van der Waals surface area contributed by atoms with Crippen LogP contribution in [0.1, 0.15) is 23.2 Å². The van der Waals surface area contributed by atoms with Gasteiger partial charge in [-0.15, -0.1) is 0 Å². The minimum absolute atomic E-state index is 0.0529. The molecule has 0 unspecified atom stereocenters. The maximum atomic E-state index is 12.7. The Hall–Kier alpha value is -2.35. The van der Waals surface area contributed by atoms with Crippen molar-refractivity contribution in [1.29, 1.82) is 0 Å². The van der Waals surface area contributed by atoms with Crippen LogP contribution >= 0.6 is 11.6 Å². The van der Waals surface area contributed by atoms with Crippen molar-refractivity contribution in [3.05, 3.63) is 70.5 Å². The SMILES string of the molecule is Cc1nn(C)c(Cl)c1S(=O)(=O)NCCCN1c2ccccc2CCc2ccccc21. The van der Waals surface area contributed by atoms with Crippen LogP contribution in [-0.4, -0.2) is 31.3 Å². The molecule has 1 aromatic heterocycles. The first-order valence-corrected chi connectivity index (χ1v) is 11.9. The number of sulfonamides is 1. The van der Waals surface area contributed by atoms with Gasteiger partial charge in [0.2, 0.25) is 10.0 Å². The molecule has 30 heavy (non-hydrogen) atoms. The maximum Gasteiger partial charge on any atom is 0.245 e. The highest BCUT2D eigenvalue weighted by atomic mass is 35.5. The Kier molecular flexibility index (Phi) is 5.86. The van der Waals surface area contributed by atoms with E-state index in [0.717, 1.165) is 12.8 Å². The van der Waals surface area contributed by atoms with Crippen LogP contribution in [0.2, 0.25) is 5.15 Å². The molecule has 2 aromatic carbocycles. The fraction of sp³-hybridized carbons (Fsp3) is 0.318. The van der Waals surface area contributed by atoms with Crippen molar-refractivity contribution in [3.63, 3.8) is 0 Å². The van der Waals surface area contributed by atoms with E-state index in [1.165, 1.54) is 27.2 Å². The average molecular weight is 445 g/mol. The summed E-state index contributed by atoms with van der Waals surface area (Å²) in [6.45, 7) is 2.66. The lowest BCUT2D eigenvalue weighted by Crippen LogP contribution is -2.29. The zero-order valence-electron chi connectivity index (χ0n) is 17.1. The van der Waals surface area contributed by atoms with Crippen LogP contribution in [0, 0.1) is 6.92 Å². The minimum atomic E-state index is -3.72. The summed E-state index contributed by atoms with van der Waals surface area (Å²) in [6.07, 6.45) is 2.64. The Morgan fingerprint density at radius 3 is 2.13 bits per heavy atom. The van der Waals surface area contributed by atoms with Crippen molar-refractivity contribution in [3.8, 4) is 0 Å². The van der Waals surface area contributed by atoms with Crippen LogP contribution in [-0.2, 0) is 29.9 Å². The third-order valence-electron chi connectivity index (χ3n) is 5.45. The average Bonchev–Trinajstić information content (AvgIpc) is 2.90. The second-order valence-corrected chi connectivity index (χ2v) is 9.55. The molecule has 8 heteroatoms. The third-order valence-corrected chi connectivity index (χ3v) is 7.60. The van der Waals surface area contributed by atoms with Crippen molar-refractivity contribution in [1.82, 2.24) is 14.5 Å². The van der Waals surface area contributed by atoms with Gasteiger partial charge >= 0.3 is 0 Å². The quantitative estimate of drug-likeness (QED) is 0.584. The van der Waals surface area contributed by atoms with Crippen molar-refractivity contribution in [2.75, 3.05) is 18.0 Å². The Bertz CT molecular complexity index is 1130. The molecule has 0 bridgehead atoms. The van der Waals surface area contributed by atoms with Gasteiger partial charge in [-0.25, -0.2) is 13.1 Å². The second kappa shape index (κ2) is 8.41. The predicted molar refractivity (Wildman–Crippen MR) is 120 cm³/mol. The van der Waals surface area contributed by atoms with Crippen LogP contribution < -0.4 is 9.62 Å². The van der Waals surface area contributed by atoms with Crippen LogP contribution in [0.25, 0.3) is 0 Å². The molecule has 0 aliphatic carbocycles. The minimum Gasteiger partial charge on any atom is -0.341 e. The largest absolute Gasteiger partial charge is 0.341 e. The molecule has 0 amide bonds. The van der Waals surface area contributed by atoms with Crippen molar-refractivity contribution in [2.24, 2.45) is 7.05 Å². The van der Waals surface area contributed by atoms with E-state index in [1.807, 2.05) is 0 Å². The highest BCUT2D eigenvalue weighted by Gasteiger charge is 2.25. The molecule has 0 saturated heterocycles. The van der Waals surface area contributed by atoms with Crippen LogP contribution in [0.15, 0.2) is 53.4 Å². The van der Waals surface area contributed by atoms with E-state index in [2.05, 4.69) is 63.3 Å². The van der Waals surface area contributed by atoms with Gasteiger partial charge in [-0.1, -0.05) is 48.0 Å². The molecular formula is C22H25ClN4O2S. The van der Waals surface area contributed by atoms with Gasteiger partial charge in [-0.3, -0.25) is 4.68 Å². The Morgan fingerprint density at radius 2 is 1.60 bits per heavy atom. The van der Waals surface area contributed by atoms with Gasteiger partial charge in [-0.05, 0) is 49.4 Å². The number of nitrogens with zero attached hydrogens (tertiary/aromatic N) is 3. The highest BCUT2D eigenvalue weighted by Crippen LogP contribution is 2.35. The van der Waals surface area contributed by atoms with E-state index in [0.29, 0.717) is 25.2 Å². The molecule has 0 radical (unpaired) electrons. The van der Waals surface area contributed by atoms with Crippen molar-refractivity contribution < 1.29 is 8.42 Å². The summed E-state index contributed by atoms with van der Waals surface area (Å²) in [5, 5.41) is 4.22. The van der Waals surface area contributed by atoms with Gasteiger partial charge in [0.1, 0.15) is 10.0 Å². The van der Waals surface area contributed by atoms with Gasteiger partial charge in [0.15, 0.2) is 0 Å². The molecule has 0 fully saturated rings. The number of nitrogens with one attached hydrogen (secondary N) is 1. The molecule has 2 heterocycles. The number of aromatic nitrogens is 2. The fourth-order valence-electron chi connectivity index (χ4n) is 4.04. The lowest BCUT2D eigenvalue weighted by molar-refractivity contribution is 0.578. The summed E-state index contributed by atoms with van der Waals surface area (Å²) in [7, 11) is -2.09. The predicted octanol–water partition coefficient (Wildman–Crippen LogP) is 3.99. The smallest absolute Gasteiger partial charge is 0.245 e. The highest BCUT2D eigenvalue weighted by molar-refractivity contribution is 7.89. The molecule has 1 aliphatic rings. The lowest BCUT2D eigenvalue weighted by atomic mass is 10.0. The molecule has 158 valence electrons. The first-order valence-electron chi connectivity index (χ1n) is 10.0. The number of rotatable bonds is 6. The molecule has 1 aliphatic heterocycles. The summed E-state index contributed by atoms with van der Waals surface area (Å²) in [4.78, 5) is 2.35. The number of hydrogen-bond donors (Lipinski definition) is 1. The molecular weight excluding hydrogens is 420 g/mol. The van der Waals surface area contributed by atoms with Gasteiger partial charge < -0.3 is 4.90 Å². The summed E-state index contributed by atoms with van der Waals surface area (Å²) in [5.41, 5.74) is 5.40. The molecule has 0 atom stereocenters. The molecule has 4 rings (SSSR count). The topological polar surface area (TPSA) is 67.2 Å². The van der Waals surface area contributed by atoms with E-state index in [-0.39, 0.29) is 10.0 Å². The van der Waals surface area contributed by atoms with Gasteiger partial charge in [0.25, 0.3) is 0 Å². The fourth-order valence-corrected chi connectivity index (χ4v) is 5.86. The van der Waals surface area contributed by atoms with E-state index in [9.17, 15) is 8.42 Å². The molecule has 6 nitrogen and oxygen atoms in total. The number of hydrogen-bond acceptors (Lipinski definition) is 4. The van der Waals surface area contributed by atoms with Crippen molar-refractivity contribution >= 4 is 33.0 Å². The Labute approximate surface area is 182 Å². The molecule has 3 aromatic rings. The maximum absolute atomic E-state index is 12.7. The van der Waals surface area contributed by atoms with E-state index in [4.69, 9.17) is 11.6 Å². The van der Waals surface area contributed by atoms with Gasteiger partial charge in [0.05, 0.1) is 5.69 Å². The molecule has 1 N–H and O–H groups in total. The summed E-state index contributed by atoms with van der Waals surface area (Å²) >= 11 is 6.14. The van der Waals surface area contributed by atoms with Gasteiger partial charge in [0, 0.05) is 31.5 Å². The number of anilines is 2. The first kappa shape index (κ1) is 20.9. The Balaban J connectivity index is 1.50. The zero-order chi connectivity index (χ0) is 21.3. The molecule has 0 spiro atoms.